The van der Waals surface area contributed by atoms with Crippen LogP contribution in [0.4, 0.5) is 0 Å². The highest BCUT2D eigenvalue weighted by molar-refractivity contribution is 7.81. The molecule has 3 rings (SSSR count). The van der Waals surface area contributed by atoms with Crippen molar-refractivity contribution in [1.82, 2.24) is 16.0 Å². The Bertz CT molecular complexity index is 1630. The second-order valence-corrected chi connectivity index (χ2v) is 16.9. The fraction of sp³-hybridized carbons (Fsp3) is 0.425. The summed E-state index contributed by atoms with van der Waals surface area (Å²) in [6, 6.07) is 24.5. The summed E-state index contributed by atoms with van der Waals surface area (Å²) in [5.74, 6) is 0.608. The Kier molecular flexibility index (Phi) is 16.2. The van der Waals surface area contributed by atoms with Crippen molar-refractivity contribution in [3.63, 3.8) is 0 Å². The topological polar surface area (TPSA) is 153 Å². The van der Waals surface area contributed by atoms with Crippen LogP contribution in [-0.4, -0.2) is 41.9 Å². The molecule has 51 heavy (non-hydrogen) atoms. The molecule has 3 N–H and O–H groups in total. The van der Waals surface area contributed by atoms with Crippen molar-refractivity contribution in [3.05, 3.63) is 119 Å². The number of hydrogen-bond acceptors (Lipinski definition) is 5. The average molecular weight is 713 g/mol. The highest BCUT2D eigenvalue weighted by atomic mass is 31.2. The summed E-state index contributed by atoms with van der Waals surface area (Å²) in [6.45, 7) is 11.9. The molecular weight excluding hydrogens is 659 g/mol. The molecule has 3 aromatic carbocycles. The highest BCUT2D eigenvalue weighted by Crippen LogP contribution is 2.45. The summed E-state index contributed by atoms with van der Waals surface area (Å²) >= 11 is 0. The molecule has 0 bridgehead atoms. The van der Waals surface area contributed by atoms with Crippen molar-refractivity contribution in [2.24, 2.45) is 22.9 Å². The van der Waals surface area contributed by atoms with Crippen LogP contribution < -0.4 is 26.6 Å². The van der Waals surface area contributed by atoms with E-state index in [2.05, 4.69) is 39.8 Å². The third kappa shape index (κ3) is 13.2. The van der Waals surface area contributed by atoms with Gasteiger partial charge in [-0.15, -0.1) is 0 Å². The normalized spacial score (nSPS) is 14.1. The van der Waals surface area contributed by atoms with Gasteiger partial charge in [0.15, 0.2) is 7.14 Å². The van der Waals surface area contributed by atoms with E-state index in [4.69, 9.17) is 0 Å². The predicted molar refractivity (Wildman–Crippen MR) is 206 cm³/mol. The number of carbonyl (C=O) groups excluding carboxylic acids is 3. The fourth-order valence-electron chi connectivity index (χ4n) is 5.85. The Hall–Kier alpha value is -4.65. The summed E-state index contributed by atoms with van der Waals surface area (Å²) in [5, 5.41) is 13.9. The van der Waals surface area contributed by atoms with Gasteiger partial charge < -0.3 is 20.5 Å². The zero-order valence-electron chi connectivity index (χ0n) is 30.6. The maximum atomic E-state index is 14.6. The molecule has 3 amide bonds. The van der Waals surface area contributed by atoms with Gasteiger partial charge in [0.05, 0.1) is 0 Å². The molecule has 4 atom stereocenters. The summed E-state index contributed by atoms with van der Waals surface area (Å²) in [5.41, 5.74) is 9.99. The molecule has 0 aliphatic carbocycles. The van der Waals surface area contributed by atoms with Crippen LogP contribution in [0.25, 0.3) is 10.4 Å². The van der Waals surface area contributed by atoms with E-state index >= 15 is 0 Å². The zero-order chi connectivity index (χ0) is 37.4. The van der Waals surface area contributed by atoms with Crippen LogP contribution in [0.15, 0.2) is 108 Å². The molecule has 0 aliphatic heterocycles. The van der Waals surface area contributed by atoms with Crippen LogP contribution in [-0.2, 0) is 25.4 Å². The smallest absolute Gasteiger partial charge is 0.243 e. The first-order valence-electron chi connectivity index (χ1n) is 17.7. The minimum absolute atomic E-state index is 0.0379. The third-order valence-electron chi connectivity index (χ3n) is 8.31. The molecule has 0 aromatic heterocycles. The van der Waals surface area contributed by atoms with Gasteiger partial charge in [-0.05, 0) is 60.3 Å². The van der Waals surface area contributed by atoms with E-state index in [1.54, 1.807) is 5.82 Å². The molecule has 3 aromatic rings. The van der Waals surface area contributed by atoms with Crippen molar-refractivity contribution in [3.8, 4) is 0 Å². The van der Waals surface area contributed by atoms with Crippen molar-refractivity contribution in [1.29, 1.82) is 0 Å². The number of amides is 3. The minimum Gasteiger partial charge on any atom is -0.348 e. The summed E-state index contributed by atoms with van der Waals surface area (Å²) in [7, 11) is -3.18. The number of nitrogens with one attached hydrogen (secondary N) is 3. The molecule has 0 spiro atoms. The molecule has 0 fully saturated rings. The van der Waals surface area contributed by atoms with Gasteiger partial charge in [-0.25, -0.2) is 0 Å². The molecule has 0 heterocycles. The van der Waals surface area contributed by atoms with Crippen LogP contribution in [0.3, 0.4) is 0 Å². The number of benzene rings is 3. The Morgan fingerprint density at radius 1 is 0.667 bits per heavy atom. The van der Waals surface area contributed by atoms with Crippen molar-refractivity contribution in [2.45, 2.75) is 91.4 Å². The Balaban J connectivity index is 1.85. The van der Waals surface area contributed by atoms with Crippen LogP contribution in [0.2, 0.25) is 0 Å². The fourth-order valence-corrected chi connectivity index (χ4v) is 8.18. The lowest BCUT2D eigenvalue weighted by molar-refractivity contribution is -0.133. The quantitative estimate of drug-likeness (QED) is 0.0529. The van der Waals surface area contributed by atoms with E-state index in [1.165, 1.54) is 0 Å². The third-order valence-corrected chi connectivity index (χ3v) is 11.0. The van der Waals surface area contributed by atoms with Gasteiger partial charge in [-0.3, -0.25) is 14.4 Å². The number of nitrogens with zero attached hydrogens (tertiary/aromatic N) is 3. The van der Waals surface area contributed by atoms with Crippen molar-refractivity contribution >= 4 is 35.5 Å². The summed E-state index contributed by atoms with van der Waals surface area (Å²) in [4.78, 5) is 44.0. The van der Waals surface area contributed by atoms with Gasteiger partial charge in [-0.1, -0.05) is 144 Å². The SMILES string of the molecule is CC(C)C[C@@H](/C=C/P(=O)(c1ccccc1)c1ccccc1)NC(=O)[C@H](CC(C)C)NC(=O)[C@H](CC(C)C)NC(=O)[C@H](Cc1ccccc1)N=[N+]=[N-]. The lowest BCUT2D eigenvalue weighted by atomic mass is 9.98. The molecule has 0 radical (unpaired) electrons. The van der Waals surface area contributed by atoms with Gasteiger partial charge in [0.2, 0.25) is 17.7 Å². The van der Waals surface area contributed by atoms with Crippen LogP contribution in [0, 0.1) is 17.8 Å². The van der Waals surface area contributed by atoms with E-state index in [0.29, 0.717) is 29.9 Å². The van der Waals surface area contributed by atoms with E-state index in [1.807, 2.05) is 125 Å². The van der Waals surface area contributed by atoms with Gasteiger partial charge in [-0.2, -0.15) is 0 Å². The molecule has 0 saturated carbocycles. The van der Waals surface area contributed by atoms with E-state index in [0.717, 1.165) is 5.56 Å². The van der Waals surface area contributed by atoms with Gasteiger partial charge in [0, 0.05) is 21.6 Å². The first kappa shape index (κ1) is 40.8. The van der Waals surface area contributed by atoms with Crippen LogP contribution in [0.1, 0.15) is 66.4 Å². The monoisotopic (exact) mass is 712 g/mol. The summed E-state index contributed by atoms with van der Waals surface area (Å²) < 4.78 is 14.6. The molecule has 0 saturated heterocycles. The van der Waals surface area contributed by atoms with Crippen molar-refractivity contribution < 1.29 is 18.9 Å². The molecule has 10 nitrogen and oxygen atoms in total. The number of carbonyl (C=O) groups is 3. The first-order chi connectivity index (χ1) is 24.3. The average Bonchev–Trinajstić information content (AvgIpc) is 3.10. The molecule has 11 heteroatoms. The van der Waals surface area contributed by atoms with E-state index in [-0.39, 0.29) is 30.1 Å². The second kappa shape index (κ2) is 20.3. The molecular formula is C40H53N6O4P. The molecule has 0 unspecified atom stereocenters. The zero-order valence-corrected chi connectivity index (χ0v) is 31.5. The van der Waals surface area contributed by atoms with Crippen molar-refractivity contribution in [2.75, 3.05) is 0 Å². The first-order valence-corrected chi connectivity index (χ1v) is 19.5. The predicted octanol–water partition coefficient (Wildman–Crippen LogP) is 7.03. The lowest BCUT2D eigenvalue weighted by Gasteiger charge is -2.27. The van der Waals surface area contributed by atoms with Gasteiger partial charge in [0.25, 0.3) is 0 Å². The van der Waals surface area contributed by atoms with E-state index < -0.39 is 43.1 Å². The molecule has 0 aliphatic rings. The number of rotatable bonds is 19. The molecule has 272 valence electrons. The van der Waals surface area contributed by atoms with E-state index in [9.17, 15) is 24.5 Å². The lowest BCUT2D eigenvalue weighted by Crippen LogP contribution is -2.56. The Morgan fingerprint density at radius 3 is 1.55 bits per heavy atom. The summed E-state index contributed by atoms with van der Waals surface area (Å²) in [6.07, 6.45) is 3.26. The maximum Gasteiger partial charge on any atom is 0.243 e. The largest absolute Gasteiger partial charge is 0.348 e. The number of azide groups is 1. The standard InChI is InChI=1S/C40H53N6O4P/c1-28(2)24-32(22-23-51(50,33-18-12-8-13-19-33)34-20-14-9-15-21-34)42-38(47)35(25-29(3)4)43-39(48)36(26-30(5)6)44-40(49)37(45-46-41)27-31-16-10-7-11-17-31/h7-23,28-30,32,35-37H,24-27H2,1-6H3,(H,42,47)(H,43,48)(H,44,49)/b23-22+/t32-,35+,36+,37+/m1/s1. The van der Waals surface area contributed by atoms with Gasteiger partial charge in [0.1, 0.15) is 18.1 Å². The van der Waals surface area contributed by atoms with Gasteiger partial charge >= 0.3 is 0 Å². The van der Waals surface area contributed by atoms with Crippen LogP contribution >= 0.6 is 7.14 Å². The Morgan fingerprint density at radius 2 is 1.10 bits per heavy atom. The highest BCUT2D eigenvalue weighted by Gasteiger charge is 2.31. The second-order valence-electron chi connectivity index (χ2n) is 14.2. The minimum atomic E-state index is -3.18. The van der Waals surface area contributed by atoms with Crippen LogP contribution in [0.5, 0.6) is 0 Å². The number of hydrogen-bond donors (Lipinski definition) is 3. The maximum absolute atomic E-state index is 14.6. The Labute approximate surface area is 302 Å².